The Hall–Kier alpha value is -2.51. The third-order valence-corrected chi connectivity index (χ3v) is 6.35. The predicted octanol–water partition coefficient (Wildman–Crippen LogP) is 3.62. The molecule has 0 radical (unpaired) electrons. The maximum absolute atomic E-state index is 14.6. The summed E-state index contributed by atoms with van der Waals surface area (Å²) in [6.07, 6.45) is 7.60. The van der Waals surface area contributed by atoms with Crippen LogP contribution < -0.4 is 5.73 Å². The van der Waals surface area contributed by atoms with Gasteiger partial charge in [0.15, 0.2) is 5.82 Å². The molecule has 1 saturated carbocycles. The molecular formula is C22H25FN4O2. The van der Waals surface area contributed by atoms with Crippen molar-refractivity contribution in [1.29, 1.82) is 0 Å². The van der Waals surface area contributed by atoms with E-state index in [2.05, 4.69) is 14.5 Å². The lowest BCUT2D eigenvalue weighted by Crippen LogP contribution is -2.20. The first kappa shape index (κ1) is 18.5. The lowest BCUT2D eigenvalue weighted by Gasteiger charge is -2.23. The molecule has 7 heteroatoms. The highest BCUT2D eigenvalue weighted by atomic mass is 19.1. The molecule has 1 unspecified atom stereocenters. The van der Waals surface area contributed by atoms with E-state index in [1.54, 1.807) is 0 Å². The van der Waals surface area contributed by atoms with E-state index >= 15 is 0 Å². The van der Waals surface area contributed by atoms with Crippen molar-refractivity contribution in [2.45, 2.75) is 44.2 Å². The first-order chi connectivity index (χ1) is 14.0. The van der Waals surface area contributed by atoms with Crippen LogP contribution in [0.4, 0.5) is 10.3 Å². The number of ether oxygens (including phenoxy) is 1. The zero-order valence-electron chi connectivity index (χ0n) is 16.3. The molecule has 3 aromatic rings. The highest BCUT2D eigenvalue weighted by molar-refractivity contribution is 5.96. The minimum Gasteiger partial charge on any atom is -0.385 e. The summed E-state index contributed by atoms with van der Waals surface area (Å²) >= 11 is 0. The molecule has 2 aliphatic rings. The molecule has 1 aliphatic heterocycles. The summed E-state index contributed by atoms with van der Waals surface area (Å²) < 4.78 is 22.3. The molecular weight excluding hydrogens is 371 g/mol. The van der Waals surface area contributed by atoms with Gasteiger partial charge < -0.3 is 20.1 Å². The van der Waals surface area contributed by atoms with Gasteiger partial charge in [-0.1, -0.05) is 18.9 Å². The lowest BCUT2D eigenvalue weighted by molar-refractivity contribution is 0.0446. The van der Waals surface area contributed by atoms with Crippen molar-refractivity contribution in [2.75, 3.05) is 18.9 Å². The number of nitrogens with two attached hydrogens (primary N) is 1. The molecule has 3 N–H and O–H groups in total. The van der Waals surface area contributed by atoms with Crippen molar-refractivity contribution in [1.82, 2.24) is 14.5 Å². The summed E-state index contributed by atoms with van der Waals surface area (Å²) in [4.78, 5) is 7.93. The molecule has 6 nitrogen and oxygen atoms in total. The van der Waals surface area contributed by atoms with Gasteiger partial charge in [0.2, 0.25) is 5.95 Å². The highest BCUT2D eigenvalue weighted by Gasteiger charge is 2.33. The van der Waals surface area contributed by atoms with Crippen LogP contribution in [0.3, 0.4) is 0 Å². The Labute approximate surface area is 168 Å². The molecule has 2 fully saturated rings. The number of benzene rings is 1. The lowest BCUT2D eigenvalue weighted by atomic mass is 9.91. The number of hydrogen-bond acceptors (Lipinski definition) is 5. The van der Waals surface area contributed by atoms with Gasteiger partial charge in [-0.2, -0.15) is 0 Å². The van der Waals surface area contributed by atoms with E-state index in [0.717, 1.165) is 74.5 Å². The van der Waals surface area contributed by atoms with E-state index in [9.17, 15) is 9.50 Å². The summed E-state index contributed by atoms with van der Waals surface area (Å²) in [5, 5.41) is 11.9. The van der Waals surface area contributed by atoms with Crippen LogP contribution in [0.5, 0.6) is 0 Å². The van der Waals surface area contributed by atoms with E-state index in [1.807, 2.05) is 24.4 Å². The number of fused-ring (bicyclic) bond motifs is 1. The van der Waals surface area contributed by atoms with Gasteiger partial charge in [-0.15, -0.1) is 0 Å². The topological polar surface area (TPSA) is 86.2 Å². The molecule has 1 aromatic carbocycles. The van der Waals surface area contributed by atoms with Gasteiger partial charge in [0.05, 0.1) is 18.4 Å². The van der Waals surface area contributed by atoms with Crippen LogP contribution in [0.1, 0.15) is 37.7 Å². The van der Waals surface area contributed by atoms with Gasteiger partial charge in [0, 0.05) is 41.7 Å². The first-order valence-corrected chi connectivity index (χ1v) is 10.3. The van der Waals surface area contributed by atoms with Crippen molar-refractivity contribution in [2.24, 2.45) is 5.92 Å². The number of rotatable bonds is 4. The normalized spacial score (nSPS) is 21.2. The Morgan fingerprint density at radius 3 is 2.90 bits per heavy atom. The van der Waals surface area contributed by atoms with E-state index < -0.39 is 11.4 Å². The number of aromatic nitrogens is 3. The second-order valence-corrected chi connectivity index (χ2v) is 8.32. The van der Waals surface area contributed by atoms with E-state index in [0.29, 0.717) is 11.5 Å². The van der Waals surface area contributed by atoms with Gasteiger partial charge in [-0.3, -0.25) is 0 Å². The highest BCUT2D eigenvalue weighted by Crippen LogP contribution is 2.41. The molecule has 1 atom stereocenters. The quantitative estimate of drug-likeness (QED) is 0.703. The van der Waals surface area contributed by atoms with Crippen LogP contribution in [0, 0.1) is 11.7 Å². The average Bonchev–Trinajstić information content (AvgIpc) is 3.45. The second kappa shape index (κ2) is 7.07. The van der Waals surface area contributed by atoms with Crippen LogP contribution in [-0.2, 0) is 16.9 Å². The molecule has 1 aliphatic carbocycles. The van der Waals surface area contributed by atoms with E-state index in [4.69, 9.17) is 10.5 Å². The van der Waals surface area contributed by atoms with Gasteiger partial charge >= 0.3 is 0 Å². The Morgan fingerprint density at radius 1 is 1.31 bits per heavy atom. The maximum Gasteiger partial charge on any atom is 0.220 e. The van der Waals surface area contributed by atoms with Gasteiger partial charge in [-0.05, 0) is 37.0 Å². The zero-order chi connectivity index (χ0) is 20.0. The smallest absolute Gasteiger partial charge is 0.220 e. The summed E-state index contributed by atoms with van der Waals surface area (Å²) in [6.45, 7) is 2.31. The summed E-state index contributed by atoms with van der Waals surface area (Å²) in [5.41, 5.74) is 7.68. The Kier molecular flexibility index (Phi) is 4.52. The summed E-state index contributed by atoms with van der Waals surface area (Å²) in [7, 11) is 0. The minimum atomic E-state index is -0.809. The fourth-order valence-corrected chi connectivity index (χ4v) is 4.75. The molecule has 1 saturated heterocycles. The standard InChI is InChI=1S/C22H25FN4O2/c23-18-10-25-21(24)26-20(18)17-12-27(11-14-5-8-29-13-14)19-4-3-15(9-16(17)19)22(28)6-1-2-7-22/h3-4,9-10,12,14,28H,1-2,5-8,11,13H2,(H2,24,25,26). The van der Waals surface area contributed by atoms with Crippen molar-refractivity contribution < 1.29 is 14.2 Å². The molecule has 2 aromatic heterocycles. The third-order valence-electron chi connectivity index (χ3n) is 6.35. The molecule has 0 spiro atoms. The van der Waals surface area contributed by atoms with Gasteiger partial charge in [-0.25, -0.2) is 14.4 Å². The Morgan fingerprint density at radius 2 is 2.14 bits per heavy atom. The molecule has 29 heavy (non-hydrogen) atoms. The predicted molar refractivity (Wildman–Crippen MR) is 109 cm³/mol. The number of halogens is 1. The van der Waals surface area contributed by atoms with Crippen molar-refractivity contribution in [3.63, 3.8) is 0 Å². The molecule has 0 bridgehead atoms. The van der Waals surface area contributed by atoms with Crippen LogP contribution in [-0.4, -0.2) is 32.9 Å². The number of hydrogen-bond donors (Lipinski definition) is 2. The average molecular weight is 396 g/mol. The van der Waals surface area contributed by atoms with Crippen molar-refractivity contribution in [3.8, 4) is 11.3 Å². The van der Waals surface area contributed by atoms with E-state index in [-0.39, 0.29) is 11.6 Å². The number of nitrogens with zero attached hydrogens (tertiary/aromatic N) is 3. The Bertz CT molecular complexity index is 1050. The van der Waals surface area contributed by atoms with Gasteiger partial charge in [0.1, 0.15) is 5.69 Å². The maximum atomic E-state index is 14.6. The SMILES string of the molecule is Nc1ncc(F)c(-c2cn(CC3CCOC3)c3ccc(C4(O)CCCC4)cc23)n1. The van der Waals surface area contributed by atoms with Crippen LogP contribution >= 0.6 is 0 Å². The van der Waals surface area contributed by atoms with Crippen molar-refractivity contribution in [3.05, 3.63) is 42.0 Å². The fraction of sp³-hybridized carbons (Fsp3) is 0.455. The molecule has 3 heterocycles. The summed E-state index contributed by atoms with van der Waals surface area (Å²) in [5.74, 6) is -0.0399. The van der Waals surface area contributed by atoms with Crippen LogP contribution in [0.2, 0.25) is 0 Å². The second-order valence-electron chi connectivity index (χ2n) is 8.32. The third kappa shape index (κ3) is 3.28. The van der Waals surface area contributed by atoms with Gasteiger partial charge in [0.25, 0.3) is 0 Å². The minimum absolute atomic E-state index is 0.0390. The molecule has 0 amide bonds. The number of nitrogen functional groups attached to an aromatic ring is 1. The van der Waals surface area contributed by atoms with Crippen molar-refractivity contribution >= 4 is 16.9 Å². The largest absolute Gasteiger partial charge is 0.385 e. The number of anilines is 1. The first-order valence-electron chi connectivity index (χ1n) is 10.3. The zero-order valence-corrected chi connectivity index (χ0v) is 16.3. The Balaban J connectivity index is 1.67. The fourth-order valence-electron chi connectivity index (χ4n) is 4.75. The van der Waals surface area contributed by atoms with Crippen LogP contribution in [0.25, 0.3) is 22.2 Å². The molecule has 152 valence electrons. The van der Waals surface area contributed by atoms with E-state index in [1.165, 1.54) is 0 Å². The molecule has 5 rings (SSSR count). The van der Waals surface area contributed by atoms with Crippen LogP contribution in [0.15, 0.2) is 30.6 Å². The monoisotopic (exact) mass is 396 g/mol. The number of aliphatic hydroxyl groups is 1. The summed E-state index contributed by atoms with van der Waals surface area (Å²) in [6, 6.07) is 6.03.